The molecule has 6 heteroatoms. The summed E-state index contributed by atoms with van der Waals surface area (Å²) in [5, 5.41) is 0. The van der Waals surface area contributed by atoms with Gasteiger partial charge in [-0.05, 0) is 24.3 Å². The zero-order valence-corrected chi connectivity index (χ0v) is 15.2. The Kier molecular flexibility index (Phi) is 8.47. The summed E-state index contributed by atoms with van der Waals surface area (Å²) in [5.41, 5.74) is 0. The van der Waals surface area contributed by atoms with E-state index >= 15 is 0 Å². The van der Waals surface area contributed by atoms with Crippen molar-refractivity contribution in [3.63, 3.8) is 0 Å². The van der Waals surface area contributed by atoms with Crippen molar-refractivity contribution >= 4 is 10.1 Å². The van der Waals surface area contributed by atoms with Crippen LogP contribution in [0.5, 0.6) is 5.75 Å². The molecule has 0 aliphatic carbocycles. The largest absolute Gasteiger partial charge is 1.00 e. The summed E-state index contributed by atoms with van der Waals surface area (Å²) in [7, 11) is -3.71. The third-order valence-electron chi connectivity index (χ3n) is 1.98. The summed E-state index contributed by atoms with van der Waals surface area (Å²) < 4.78 is 28.5. The molecule has 0 aliphatic rings. The van der Waals surface area contributed by atoms with Crippen molar-refractivity contribution in [3.8, 4) is 5.75 Å². The molecule has 0 heterocycles. The molecule has 2 rings (SSSR count). The number of hydrogen-bond donors (Lipinski definition) is 0. The van der Waals surface area contributed by atoms with Crippen LogP contribution in [0.3, 0.4) is 0 Å². The Bertz CT molecular complexity index is 566. The molecule has 0 saturated carbocycles. The van der Waals surface area contributed by atoms with E-state index in [1.54, 1.807) is 48.5 Å². The summed E-state index contributed by atoms with van der Waals surface area (Å²) >= 11 is 0. The van der Waals surface area contributed by atoms with Gasteiger partial charge in [0.1, 0.15) is 10.6 Å². The topological polar surface area (TPSA) is 43.4 Å². The van der Waals surface area contributed by atoms with Gasteiger partial charge in [0.15, 0.2) is 0 Å². The smallest absolute Gasteiger partial charge is 1.00 e. The number of hydrogen-bond acceptors (Lipinski definition) is 3. The van der Waals surface area contributed by atoms with Crippen molar-refractivity contribution in [3.05, 3.63) is 60.7 Å². The molecule has 2 aromatic carbocycles. The zero-order valence-electron chi connectivity index (χ0n) is 12.4. The van der Waals surface area contributed by atoms with Crippen LogP contribution in [-0.4, -0.2) is 8.42 Å². The van der Waals surface area contributed by atoms with Crippen LogP contribution >= 0.6 is 0 Å². The standard InChI is InChI=1S/C12H10O3S.2Na.2H/c13-16(14,12-9-5-2-6-10-12)15-11-7-3-1-4-8-11;;;;/h1-10H;;;;/q;2*+1;2*-1. The van der Waals surface area contributed by atoms with Crippen LogP contribution in [0.4, 0.5) is 0 Å². The monoisotopic (exact) mass is 282 g/mol. The minimum Gasteiger partial charge on any atom is -1.00 e. The van der Waals surface area contributed by atoms with Gasteiger partial charge in [0.2, 0.25) is 0 Å². The minimum atomic E-state index is -3.71. The van der Waals surface area contributed by atoms with E-state index < -0.39 is 10.1 Å². The van der Waals surface area contributed by atoms with Gasteiger partial charge in [-0.3, -0.25) is 0 Å². The maximum Gasteiger partial charge on any atom is 1.00 e. The fourth-order valence-electron chi connectivity index (χ4n) is 1.24. The molecule has 0 saturated heterocycles. The van der Waals surface area contributed by atoms with Crippen molar-refractivity contribution in [2.45, 2.75) is 4.90 Å². The second kappa shape index (κ2) is 8.38. The summed E-state index contributed by atoms with van der Waals surface area (Å²) in [6.45, 7) is 0. The summed E-state index contributed by atoms with van der Waals surface area (Å²) in [4.78, 5) is 0.152. The van der Waals surface area contributed by atoms with Crippen LogP contribution in [-0.2, 0) is 10.1 Å². The van der Waals surface area contributed by atoms with Gasteiger partial charge in [-0.1, -0.05) is 36.4 Å². The molecule has 0 aromatic heterocycles. The van der Waals surface area contributed by atoms with Crippen molar-refractivity contribution in [1.29, 1.82) is 0 Å². The van der Waals surface area contributed by atoms with Crippen molar-refractivity contribution in [2.75, 3.05) is 0 Å². The predicted molar refractivity (Wildman–Crippen MR) is 62.9 cm³/mol. The Labute approximate surface area is 154 Å². The fraction of sp³-hybridized carbons (Fsp3) is 0. The molecule has 86 valence electrons. The van der Waals surface area contributed by atoms with E-state index in [-0.39, 0.29) is 66.9 Å². The first-order valence-corrected chi connectivity index (χ1v) is 6.14. The number of para-hydroxylation sites is 1. The molecule has 0 N–H and O–H groups in total. The first-order valence-electron chi connectivity index (χ1n) is 4.73. The van der Waals surface area contributed by atoms with Gasteiger partial charge in [-0.15, -0.1) is 0 Å². The van der Waals surface area contributed by atoms with E-state index in [0.29, 0.717) is 5.75 Å². The Hall–Kier alpha value is 0.190. The molecule has 18 heavy (non-hydrogen) atoms. The van der Waals surface area contributed by atoms with Crippen LogP contribution in [0, 0.1) is 0 Å². The van der Waals surface area contributed by atoms with Gasteiger partial charge in [0.25, 0.3) is 0 Å². The minimum absolute atomic E-state index is 0. The van der Waals surface area contributed by atoms with Crippen molar-refractivity contribution in [2.24, 2.45) is 0 Å². The van der Waals surface area contributed by atoms with Gasteiger partial charge in [-0.2, -0.15) is 8.42 Å². The van der Waals surface area contributed by atoms with Crippen LogP contribution < -0.4 is 63.3 Å². The maximum absolute atomic E-state index is 11.8. The van der Waals surface area contributed by atoms with Crippen molar-refractivity contribution in [1.82, 2.24) is 0 Å². The number of benzene rings is 2. The Morgan fingerprint density at radius 1 is 0.778 bits per heavy atom. The molecule has 0 spiro atoms. The van der Waals surface area contributed by atoms with Gasteiger partial charge in [0.05, 0.1) is 0 Å². The Balaban J connectivity index is -0.000000722. The average Bonchev–Trinajstić information content (AvgIpc) is 2.31. The first kappa shape index (κ1) is 18.2. The van der Waals surface area contributed by atoms with Crippen LogP contribution in [0.1, 0.15) is 2.85 Å². The van der Waals surface area contributed by atoms with Gasteiger partial charge < -0.3 is 7.04 Å². The van der Waals surface area contributed by atoms with E-state index in [4.69, 9.17) is 4.18 Å². The van der Waals surface area contributed by atoms with Crippen molar-refractivity contribution < 1.29 is 74.6 Å². The molecule has 0 radical (unpaired) electrons. The molecule has 3 nitrogen and oxygen atoms in total. The molecule has 0 fully saturated rings. The van der Waals surface area contributed by atoms with Gasteiger partial charge >= 0.3 is 69.2 Å². The molecule has 0 amide bonds. The summed E-state index contributed by atoms with van der Waals surface area (Å²) in [5.74, 6) is 0.311. The SMILES string of the molecule is O=S(=O)(Oc1ccccc1)c1ccccc1.[H-].[H-].[Na+].[Na+]. The predicted octanol–water partition coefficient (Wildman–Crippen LogP) is -3.31. The van der Waals surface area contributed by atoms with E-state index in [1.165, 1.54) is 12.1 Å². The number of rotatable bonds is 3. The second-order valence-corrected chi connectivity index (χ2v) is 4.71. The Morgan fingerprint density at radius 3 is 1.72 bits per heavy atom. The van der Waals surface area contributed by atoms with Crippen LogP contribution in [0.15, 0.2) is 65.6 Å². The molecule has 0 aliphatic heterocycles. The third kappa shape index (κ3) is 5.05. The first-order chi connectivity index (χ1) is 7.68. The average molecular weight is 282 g/mol. The molecule has 0 atom stereocenters. The van der Waals surface area contributed by atoms with Gasteiger partial charge in [-0.25, -0.2) is 0 Å². The zero-order chi connectivity index (χ0) is 11.4. The fourth-order valence-corrected chi connectivity index (χ4v) is 2.19. The van der Waals surface area contributed by atoms with E-state index in [1.807, 2.05) is 0 Å². The van der Waals surface area contributed by atoms with E-state index in [9.17, 15) is 8.42 Å². The van der Waals surface area contributed by atoms with E-state index in [2.05, 4.69) is 0 Å². The molecule has 2 aromatic rings. The van der Waals surface area contributed by atoms with Crippen LogP contribution in [0.2, 0.25) is 0 Å². The quantitative estimate of drug-likeness (QED) is 0.437. The third-order valence-corrected chi connectivity index (χ3v) is 3.24. The molecule has 0 unspecified atom stereocenters. The molecular formula is C12H12Na2O3S. The second-order valence-electron chi connectivity index (χ2n) is 3.16. The van der Waals surface area contributed by atoms with E-state index in [0.717, 1.165) is 0 Å². The van der Waals surface area contributed by atoms with Crippen LogP contribution in [0.25, 0.3) is 0 Å². The summed E-state index contributed by atoms with van der Waals surface area (Å²) in [6, 6.07) is 16.5. The summed E-state index contributed by atoms with van der Waals surface area (Å²) in [6.07, 6.45) is 0. The van der Waals surface area contributed by atoms with Gasteiger partial charge in [0, 0.05) is 0 Å². The molecular weight excluding hydrogens is 270 g/mol. The molecule has 0 bridgehead atoms. The maximum atomic E-state index is 11.8. The normalized spacial score (nSPS) is 9.78. The Morgan fingerprint density at radius 2 is 1.22 bits per heavy atom.